The zero-order valence-electron chi connectivity index (χ0n) is 33.7. The Hall–Kier alpha value is -0.290. The standard InChI is InChI=1S/C40H80NO8PS2/c1-41(2,3)32-33-47-50(44,45)48-37-38(49-40(43)31-27-23-19-15-11-7-5-9-13-17-21-25-29-35-52)36-46-39(42)30-26-22-18-14-10-6-4-8-12-16-20-24-28-34-51/h38H,4-37H2,1-3H3,(H2-,44,45,51,52)/p+1/t38-/m1/s1. The van der Waals surface area contributed by atoms with Gasteiger partial charge < -0.3 is 18.9 Å². The van der Waals surface area contributed by atoms with Gasteiger partial charge in [-0.3, -0.25) is 18.6 Å². The number of carbonyl (C=O) groups excluding carboxylic acids is 2. The number of hydrogen-bond donors (Lipinski definition) is 3. The summed E-state index contributed by atoms with van der Waals surface area (Å²) in [6.07, 6.45) is 30.8. The minimum atomic E-state index is -4.37. The van der Waals surface area contributed by atoms with Crippen LogP contribution in [0.3, 0.4) is 0 Å². The molecule has 0 heterocycles. The van der Waals surface area contributed by atoms with Crippen LogP contribution in [0.2, 0.25) is 0 Å². The van der Waals surface area contributed by atoms with Crippen LogP contribution in [0.1, 0.15) is 180 Å². The van der Waals surface area contributed by atoms with Gasteiger partial charge in [-0.1, -0.05) is 141 Å². The van der Waals surface area contributed by atoms with Crippen molar-refractivity contribution in [1.29, 1.82) is 0 Å². The van der Waals surface area contributed by atoms with Gasteiger partial charge in [-0.05, 0) is 37.2 Å². The summed E-state index contributed by atoms with van der Waals surface area (Å²) in [5, 5.41) is 0. The van der Waals surface area contributed by atoms with Crippen molar-refractivity contribution in [3.63, 3.8) is 0 Å². The molecular weight excluding hydrogens is 718 g/mol. The molecule has 310 valence electrons. The van der Waals surface area contributed by atoms with Crippen LogP contribution in [0.4, 0.5) is 0 Å². The SMILES string of the molecule is C[N+](C)(C)CCOP(=O)(O)OC[C@@H](COC(=O)CCCCCCCCCCCCCCCS)OC(=O)CCCCCCCCCCCCCCCS. The summed E-state index contributed by atoms with van der Waals surface area (Å²) in [5.74, 6) is 1.19. The lowest BCUT2D eigenvalue weighted by atomic mass is 10.0. The van der Waals surface area contributed by atoms with Crippen molar-refractivity contribution in [2.24, 2.45) is 0 Å². The van der Waals surface area contributed by atoms with Crippen LogP contribution in [0.5, 0.6) is 0 Å². The van der Waals surface area contributed by atoms with Crippen molar-refractivity contribution in [3.05, 3.63) is 0 Å². The molecule has 0 saturated heterocycles. The number of nitrogens with zero attached hydrogens (tertiary/aromatic N) is 1. The average Bonchev–Trinajstić information content (AvgIpc) is 3.09. The number of rotatable bonds is 40. The highest BCUT2D eigenvalue weighted by Crippen LogP contribution is 2.43. The van der Waals surface area contributed by atoms with Gasteiger partial charge in [-0.25, -0.2) is 4.57 Å². The minimum absolute atomic E-state index is 0.0327. The van der Waals surface area contributed by atoms with Crippen LogP contribution < -0.4 is 0 Å². The zero-order valence-corrected chi connectivity index (χ0v) is 36.4. The number of likely N-dealkylation sites (N-methyl/N-ethyl adjacent to an activating group) is 1. The topological polar surface area (TPSA) is 108 Å². The molecule has 0 bridgehead atoms. The molecule has 0 spiro atoms. The van der Waals surface area contributed by atoms with E-state index >= 15 is 0 Å². The van der Waals surface area contributed by atoms with E-state index in [1.165, 1.54) is 128 Å². The molecule has 0 radical (unpaired) electrons. The van der Waals surface area contributed by atoms with Crippen molar-refractivity contribution in [1.82, 2.24) is 0 Å². The Labute approximate surface area is 330 Å². The van der Waals surface area contributed by atoms with E-state index in [9.17, 15) is 19.0 Å². The molecule has 0 aromatic rings. The van der Waals surface area contributed by atoms with Gasteiger partial charge in [0, 0.05) is 12.8 Å². The Kier molecular flexibility index (Phi) is 36.2. The molecule has 0 aliphatic rings. The first-order chi connectivity index (χ1) is 25.0. The largest absolute Gasteiger partial charge is 0.472 e. The van der Waals surface area contributed by atoms with Gasteiger partial charge in [-0.15, -0.1) is 0 Å². The van der Waals surface area contributed by atoms with Gasteiger partial charge in [0.25, 0.3) is 0 Å². The summed E-state index contributed by atoms with van der Waals surface area (Å²) in [6.45, 7) is -0.0826. The zero-order chi connectivity index (χ0) is 38.6. The van der Waals surface area contributed by atoms with E-state index in [1.54, 1.807) is 0 Å². The second-order valence-corrected chi connectivity index (χ2v) is 17.9. The number of esters is 2. The number of phosphoric acid groups is 1. The lowest BCUT2D eigenvalue weighted by Gasteiger charge is -2.24. The second-order valence-electron chi connectivity index (χ2n) is 15.5. The number of quaternary nitrogens is 1. The Morgan fingerprint density at radius 2 is 0.885 bits per heavy atom. The Balaban J connectivity index is 4.33. The first-order valence-corrected chi connectivity index (χ1v) is 23.7. The lowest BCUT2D eigenvalue weighted by Crippen LogP contribution is -2.37. The van der Waals surface area contributed by atoms with Crippen molar-refractivity contribution in [2.45, 2.75) is 186 Å². The Morgan fingerprint density at radius 1 is 0.538 bits per heavy atom. The summed E-state index contributed by atoms with van der Waals surface area (Å²) >= 11 is 8.53. The smallest absolute Gasteiger partial charge is 0.462 e. The van der Waals surface area contributed by atoms with Gasteiger partial charge in [0.15, 0.2) is 6.10 Å². The summed E-state index contributed by atoms with van der Waals surface area (Å²) in [4.78, 5) is 35.3. The third-order valence-corrected chi connectivity index (χ3v) is 10.9. The predicted molar refractivity (Wildman–Crippen MR) is 222 cm³/mol. The molecule has 0 saturated carbocycles. The van der Waals surface area contributed by atoms with E-state index in [-0.39, 0.29) is 32.0 Å². The molecule has 9 nitrogen and oxygen atoms in total. The van der Waals surface area contributed by atoms with Crippen molar-refractivity contribution in [3.8, 4) is 0 Å². The first kappa shape index (κ1) is 51.7. The maximum absolute atomic E-state index is 12.7. The van der Waals surface area contributed by atoms with E-state index in [4.69, 9.17) is 18.5 Å². The molecule has 1 N–H and O–H groups in total. The van der Waals surface area contributed by atoms with E-state index in [2.05, 4.69) is 25.3 Å². The molecule has 0 aliphatic heterocycles. The number of phosphoric ester groups is 1. The van der Waals surface area contributed by atoms with Gasteiger partial charge >= 0.3 is 19.8 Å². The second kappa shape index (κ2) is 36.4. The fourth-order valence-corrected chi connectivity index (χ4v) is 7.10. The fraction of sp³-hybridized carbons (Fsp3) is 0.950. The Morgan fingerprint density at radius 3 is 1.25 bits per heavy atom. The Bertz CT molecular complexity index is 877. The molecular formula is C40H81NO8PS2+. The monoisotopic (exact) mass is 799 g/mol. The highest BCUT2D eigenvalue weighted by Gasteiger charge is 2.27. The summed E-state index contributed by atoms with van der Waals surface area (Å²) < 4.78 is 34.3. The predicted octanol–water partition coefficient (Wildman–Crippen LogP) is 11.1. The summed E-state index contributed by atoms with van der Waals surface area (Å²) in [5.41, 5.74) is 0. The summed E-state index contributed by atoms with van der Waals surface area (Å²) in [7, 11) is 1.48. The molecule has 0 fully saturated rings. The average molecular weight is 799 g/mol. The third kappa shape index (κ3) is 39.4. The number of unbranched alkanes of at least 4 members (excludes halogenated alkanes) is 24. The number of thiol groups is 2. The van der Waals surface area contributed by atoms with E-state index < -0.39 is 26.5 Å². The van der Waals surface area contributed by atoms with Gasteiger partial charge in [0.2, 0.25) is 0 Å². The number of carbonyl (C=O) groups is 2. The maximum Gasteiger partial charge on any atom is 0.472 e. The number of hydrogen-bond acceptors (Lipinski definition) is 9. The van der Waals surface area contributed by atoms with Crippen LogP contribution in [-0.2, 0) is 32.7 Å². The van der Waals surface area contributed by atoms with Crippen LogP contribution in [0.15, 0.2) is 0 Å². The van der Waals surface area contributed by atoms with Crippen LogP contribution in [0, 0.1) is 0 Å². The quantitative estimate of drug-likeness (QED) is 0.0185. The molecule has 0 aromatic heterocycles. The van der Waals surface area contributed by atoms with E-state index in [0.717, 1.165) is 43.6 Å². The van der Waals surface area contributed by atoms with Gasteiger partial charge in [-0.2, -0.15) is 25.3 Å². The molecule has 0 rings (SSSR count). The van der Waals surface area contributed by atoms with Crippen LogP contribution in [-0.4, -0.2) is 86.4 Å². The molecule has 1 unspecified atom stereocenters. The molecule has 0 amide bonds. The normalized spacial score (nSPS) is 13.6. The molecule has 52 heavy (non-hydrogen) atoms. The minimum Gasteiger partial charge on any atom is -0.462 e. The highest BCUT2D eigenvalue weighted by atomic mass is 32.1. The van der Waals surface area contributed by atoms with Gasteiger partial charge in [0.1, 0.15) is 19.8 Å². The van der Waals surface area contributed by atoms with E-state index in [1.807, 2.05) is 21.1 Å². The van der Waals surface area contributed by atoms with Crippen molar-refractivity contribution >= 4 is 45.0 Å². The van der Waals surface area contributed by atoms with E-state index in [0.29, 0.717) is 17.4 Å². The molecule has 0 aliphatic carbocycles. The molecule has 2 atom stereocenters. The van der Waals surface area contributed by atoms with Crippen molar-refractivity contribution < 1.29 is 42.1 Å². The van der Waals surface area contributed by atoms with Crippen LogP contribution in [0.25, 0.3) is 0 Å². The van der Waals surface area contributed by atoms with Crippen molar-refractivity contribution in [2.75, 3.05) is 59.0 Å². The summed E-state index contributed by atoms with van der Waals surface area (Å²) in [6, 6.07) is 0. The highest BCUT2D eigenvalue weighted by molar-refractivity contribution is 7.80. The first-order valence-electron chi connectivity index (χ1n) is 21.0. The number of ether oxygens (including phenoxy) is 2. The lowest BCUT2D eigenvalue weighted by molar-refractivity contribution is -0.870. The fourth-order valence-electron chi connectivity index (χ4n) is 5.92. The molecule has 12 heteroatoms. The molecule has 0 aromatic carbocycles. The third-order valence-electron chi connectivity index (χ3n) is 9.25. The maximum atomic E-state index is 12.7. The van der Waals surface area contributed by atoms with Crippen LogP contribution >= 0.6 is 33.1 Å². The van der Waals surface area contributed by atoms with Gasteiger partial charge in [0.05, 0.1) is 27.7 Å².